The zero-order valence-corrected chi connectivity index (χ0v) is 8.01. The average Bonchev–Trinajstić information content (AvgIpc) is 2.12. The van der Waals surface area contributed by atoms with Crippen molar-refractivity contribution in [1.29, 1.82) is 0 Å². The van der Waals surface area contributed by atoms with Crippen molar-refractivity contribution in [2.45, 2.75) is 18.9 Å². The molecule has 0 aromatic heterocycles. The molecule has 0 bridgehead atoms. The van der Waals surface area contributed by atoms with Crippen LogP contribution in [-0.4, -0.2) is 5.78 Å². The van der Waals surface area contributed by atoms with Crippen molar-refractivity contribution in [2.24, 2.45) is 5.73 Å². The Labute approximate surface area is 83.5 Å². The van der Waals surface area contributed by atoms with E-state index in [4.69, 9.17) is 5.73 Å². The number of carbonyl (C=O) groups excluding carboxylic acids is 1. The lowest BCUT2D eigenvalue weighted by Gasteiger charge is -2.20. The van der Waals surface area contributed by atoms with Gasteiger partial charge in [0.05, 0.1) is 0 Å². The number of ketones is 1. The molecule has 2 nitrogen and oxygen atoms in total. The molecule has 0 radical (unpaired) electrons. The van der Waals surface area contributed by atoms with Crippen LogP contribution in [0.25, 0.3) is 0 Å². The number of carbonyl (C=O) groups is 1. The lowest BCUT2D eigenvalue weighted by molar-refractivity contribution is 0.0967. The van der Waals surface area contributed by atoms with Gasteiger partial charge in [-0.15, -0.1) is 12.4 Å². The van der Waals surface area contributed by atoms with Crippen molar-refractivity contribution in [3.63, 3.8) is 0 Å². The summed E-state index contributed by atoms with van der Waals surface area (Å²) in [5.74, 6) is 0.229. The Hall–Kier alpha value is -0.860. The van der Waals surface area contributed by atoms with Crippen LogP contribution < -0.4 is 5.73 Å². The molecular formula is C10H12ClNO. The first kappa shape index (κ1) is 10.2. The molecule has 0 unspecified atom stereocenters. The first-order valence-corrected chi connectivity index (χ1v) is 4.17. The predicted molar refractivity (Wildman–Crippen MR) is 54.2 cm³/mol. The minimum absolute atomic E-state index is 0. The fourth-order valence-corrected chi connectivity index (χ4v) is 1.65. The lowest BCUT2D eigenvalue weighted by atomic mass is 9.87. The Morgan fingerprint density at radius 3 is 2.69 bits per heavy atom. The Bertz CT molecular complexity index is 324. The predicted octanol–water partition coefficient (Wildman–Crippen LogP) is 2.08. The van der Waals surface area contributed by atoms with Gasteiger partial charge in [0, 0.05) is 18.0 Å². The summed E-state index contributed by atoms with van der Waals surface area (Å²) in [5, 5.41) is 0. The summed E-state index contributed by atoms with van der Waals surface area (Å²) in [6.45, 7) is 0. The van der Waals surface area contributed by atoms with E-state index in [1.54, 1.807) is 0 Å². The smallest absolute Gasteiger partial charge is 0.163 e. The van der Waals surface area contributed by atoms with E-state index in [9.17, 15) is 4.79 Å². The summed E-state index contributed by atoms with van der Waals surface area (Å²) >= 11 is 0. The van der Waals surface area contributed by atoms with Crippen LogP contribution in [0.4, 0.5) is 0 Å². The highest BCUT2D eigenvalue weighted by atomic mass is 35.5. The quantitative estimate of drug-likeness (QED) is 0.692. The van der Waals surface area contributed by atoms with Crippen LogP contribution >= 0.6 is 12.4 Å². The number of Topliss-reactive ketones (excluding diaryl/α,β-unsaturated/α-hetero) is 1. The summed E-state index contributed by atoms with van der Waals surface area (Å²) in [5.41, 5.74) is 7.68. The van der Waals surface area contributed by atoms with Gasteiger partial charge in [-0.2, -0.15) is 0 Å². The minimum atomic E-state index is 0. The second-order valence-corrected chi connectivity index (χ2v) is 3.16. The van der Waals surface area contributed by atoms with Crippen LogP contribution in [0.3, 0.4) is 0 Å². The van der Waals surface area contributed by atoms with Gasteiger partial charge in [-0.1, -0.05) is 24.3 Å². The molecule has 1 aliphatic rings. The van der Waals surface area contributed by atoms with Gasteiger partial charge >= 0.3 is 0 Å². The van der Waals surface area contributed by atoms with E-state index in [2.05, 4.69) is 0 Å². The summed E-state index contributed by atoms with van der Waals surface area (Å²) < 4.78 is 0. The summed E-state index contributed by atoms with van der Waals surface area (Å²) in [6.07, 6.45) is 1.38. The second kappa shape index (κ2) is 3.90. The van der Waals surface area contributed by atoms with Crippen LogP contribution in [0.5, 0.6) is 0 Å². The highest BCUT2D eigenvalue weighted by Crippen LogP contribution is 2.27. The Kier molecular flexibility index (Phi) is 3.07. The maximum atomic E-state index is 11.4. The first-order valence-electron chi connectivity index (χ1n) is 4.17. The van der Waals surface area contributed by atoms with Gasteiger partial charge in [-0.25, -0.2) is 0 Å². The highest BCUT2D eigenvalue weighted by molar-refractivity contribution is 5.98. The van der Waals surface area contributed by atoms with Crippen LogP contribution in [-0.2, 0) is 0 Å². The highest BCUT2D eigenvalue weighted by Gasteiger charge is 2.21. The van der Waals surface area contributed by atoms with Crippen LogP contribution in [0, 0.1) is 0 Å². The molecule has 1 aliphatic carbocycles. The fraction of sp³-hybridized carbons (Fsp3) is 0.300. The molecule has 0 fully saturated rings. The SMILES string of the molecule is Cl.N[C@H]1CCC(=O)c2ccccc21. The number of nitrogens with two attached hydrogens (primary N) is 1. The zero-order chi connectivity index (χ0) is 8.55. The summed E-state index contributed by atoms with van der Waals surface area (Å²) in [7, 11) is 0. The van der Waals surface area contributed by atoms with Crippen molar-refractivity contribution in [3.8, 4) is 0 Å². The monoisotopic (exact) mass is 197 g/mol. The zero-order valence-electron chi connectivity index (χ0n) is 7.19. The van der Waals surface area contributed by atoms with Gasteiger partial charge in [0.1, 0.15) is 0 Å². The van der Waals surface area contributed by atoms with Crippen molar-refractivity contribution in [3.05, 3.63) is 35.4 Å². The third-order valence-corrected chi connectivity index (χ3v) is 2.34. The van der Waals surface area contributed by atoms with Gasteiger partial charge in [0.15, 0.2) is 5.78 Å². The molecule has 2 rings (SSSR count). The summed E-state index contributed by atoms with van der Waals surface area (Å²) in [6, 6.07) is 7.67. The molecule has 0 aliphatic heterocycles. The Morgan fingerprint density at radius 2 is 2.00 bits per heavy atom. The van der Waals surface area contributed by atoms with Gasteiger partial charge in [0.25, 0.3) is 0 Å². The molecule has 0 spiro atoms. The van der Waals surface area contributed by atoms with Crippen LogP contribution in [0.2, 0.25) is 0 Å². The van der Waals surface area contributed by atoms with Crippen molar-refractivity contribution < 1.29 is 4.79 Å². The van der Waals surface area contributed by atoms with E-state index in [-0.39, 0.29) is 24.2 Å². The third-order valence-electron chi connectivity index (χ3n) is 2.34. The minimum Gasteiger partial charge on any atom is -0.324 e. The van der Waals surface area contributed by atoms with E-state index in [1.165, 1.54) is 0 Å². The molecule has 1 aromatic carbocycles. The van der Waals surface area contributed by atoms with Crippen LogP contribution in [0.1, 0.15) is 34.8 Å². The lowest BCUT2D eigenvalue weighted by Crippen LogP contribution is -2.21. The third kappa shape index (κ3) is 1.74. The molecule has 13 heavy (non-hydrogen) atoms. The number of benzene rings is 1. The van der Waals surface area contributed by atoms with E-state index < -0.39 is 0 Å². The molecule has 0 saturated carbocycles. The van der Waals surface area contributed by atoms with Crippen LogP contribution in [0.15, 0.2) is 24.3 Å². The first-order chi connectivity index (χ1) is 5.79. The molecule has 0 saturated heterocycles. The van der Waals surface area contributed by atoms with Crippen molar-refractivity contribution in [2.75, 3.05) is 0 Å². The van der Waals surface area contributed by atoms with Crippen molar-refractivity contribution in [1.82, 2.24) is 0 Å². The largest absolute Gasteiger partial charge is 0.324 e. The van der Waals surface area contributed by atoms with E-state index in [0.717, 1.165) is 17.5 Å². The molecule has 2 N–H and O–H groups in total. The van der Waals surface area contributed by atoms with Gasteiger partial charge < -0.3 is 5.73 Å². The molecule has 0 amide bonds. The normalized spacial score (nSPS) is 20.4. The molecule has 1 aromatic rings. The number of rotatable bonds is 0. The van der Waals surface area contributed by atoms with E-state index >= 15 is 0 Å². The number of fused-ring (bicyclic) bond motifs is 1. The topological polar surface area (TPSA) is 43.1 Å². The van der Waals surface area contributed by atoms with E-state index in [0.29, 0.717) is 6.42 Å². The second-order valence-electron chi connectivity index (χ2n) is 3.16. The maximum absolute atomic E-state index is 11.4. The molecule has 3 heteroatoms. The molecule has 1 atom stereocenters. The van der Waals surface area contributed by atoms with Gasteiger partial charge in [-0.3, -0.25) is 4.79 Å². The molecule has 0 heterocycles. The van der Waals surface area contributed by atoms with Crippen molar-refractivity contribution >= 4 is 18.2 Å². The number of halogens is 1. The molecule has 70 valence electrons. The Balaban J connectivity index is 0.000000845. The summed E-state index contributed by atoms with van der Waals surface area (Å²) in [4.78, 5) is 11.4. The standard InChI is InChI=1S/C10H11NO.ClH/c11-9-5-6-10(12)8-4-2-1-3-7(8)9;/h1-4,9H,5-6,11H2;1H/t9-;/m0./s1. The molecular weight excluding hydrogens is 186 g/mol. The average molecular weight is 198 g/mol. The van der Waals surface area contributed by atoms with Gasteiger partial charge in [0.2, 0.25) is 0 Å². The van der Waals surface area contributed by atoms with Gasteiger partial charge in [-0.05, 0) is 12.0 Å². The van der Waals surface area contributed by atoms with E-state index in [1.807, 2.05) is 24.3 Å². The Morgan fingerprint density at radius 1 is 1.31 bits per heavy atom. The number of hydrogen-bond acceptors (Lipinski definition) is 2. The fourth-order valence-electron chi connectivity index (χ4n) is 1.65. The number of hydrogen-bond donors (Lipinski definition) is 1. The maximum Gasteiger partial charge on any atom is 0.163 e.